The maximum absolute atomic E-state index is 11.9. The van der Waals surface area contributed by atoms with Gasteiger partial charge in [-0.1, -0.05) is 6.92 Å². The lowest BCUT2D eigenvalue weighted by molar-refractivity contribution is -0.117. The molecule has 6 heteroatoms. The Labute approximate surface area is 117 Å². The summed E-state index contributed by atoms with van der Waals surface area (Å²) < 4.78 is 0. The fourth-order valence-corrected chi connectivity index (χ4v) is 3.17. The van der Waals surface area contributed by atoms with E-state index in [1.807, 2.05) is 6.92 Å². The van der Waals surface area contributed by atoms with Crippen LogP contribution >= 0.6 is 11.3 Å². The van der Waals surface area contributed by atoms with E-state index in [9.17, 15) is 9.90 Å². The van der Waals surface area contributed by atoms with Crippen LogP contribution in [0.25, 0.3) is 0 Å². The van der Waals surface area contributed by atoms with Gasteiger partial charge in [0.05, 0.1) is 18.3 Å². The minimum atomic E-state index is -0.201. The zero-order valence-corrected chi connectivity index (χ0v) is 12.3. The third-order valence-corrected chi connectivity index (χ3v) is 4.33. The average molecular weight is 283 g/mol. The molecule has 0 atom stereocenters. The molecule has 0 spiro atoms. The van der Waals surface area contributed by atoms with E-state index in [1.54, 1.807) is 0 Å². The number of amides is 1. The zero-order valence-electron chi connectivity index (χ0n) is 11.5. The molecule has 1 aromatic rings. The summed E-state index contributed by atoms with van der Waals surface area (Å²) in [4.78, 5) is 19.6. The molecule has 1 amide bonds. The average Bonchev–Trinajstić information content (AvgIpc) is 2.72. The molecule has 106 valence electrons. The Morgan fingerprint density at radius 1 is 1.53 bits per heavy atom. The third-order valence-electron chi connectivity index (χ3n) is 3.40. The van der Waals surface area contributed by atoms with Crippen molar-refractivity contribution in [2.24, 2.45) is 0 Å². The topological polar surface area (TPSA) is 65.5 Å². The SMILES string of the molecule is CCc1nc(NC(=O)CN2CCC(O)CC2)sc1C. The van der Waals surface area contributed by atoms with Gasteiger partial charge < -0.3 is 10.4 Å². The minimum Gasteiger partial charge on any atom is -0.393 e. The molecule has 19 heavy (non-hydrogen) atoms. The first kappa shape index (κ1) is 14.4. The highest BCUT2D eigenvalue weighted by atomic mass is 32.1. The summed E-state index contributed by atoms with van der Waals surface area (Å²) in [6.45, 7) is 6.04. The van der Waals surface area contributed by atoms with Gasteiger partial charge >= 0.3 is 0 Å². The number of piperidine rings is 1. The Hall–Kier alpha value is -0.980. The lowest BCUT2D eigenvalue weighted by Gasteiger charge is -2.28. The number of nitrogens with one attached hydrogen (secondary N) is 1. The van der Waals surface area contributed by atoms with Crippen LogP contribution in [0.1, 0.15) is 30.3 Å². The lowest BCUT2D eigenvalue weighted by atomic mass is 10.1. The molecule has 2 heterocycles. The maximum atomic E-state index is 11.9. The first-order valence-electron chi connectivity index (χ1n) is 6.75. The van der Waals surface area contributed by atoms with Crippen LogP contribution in [0.5, 0.6) is 0 Å². The van der Waals surface area contributed by atoms with Crippen molar-refractivity contribution in [3.8, 4) is 0 Å². The van der Waals surface area contributed by atoms with Gasteiger partial charge in [-0.05, 0) is 26.2 Å². The quantitative estimate of drug-likeness (QED) is 0.877. The number of anilines is 1. The predicted molar refractivity (Wildman–Crippen MR) is 76.5 cm³/mol. The van der Waals surface area contributed by atoms with Crippen LogP contribution in [0.4, 0.5) is 5.13 Å². The minimum absolute atomic E-state index is 0.0206. The summed E-state index contributed by atoms with van der Waals surface area (Å²) in [6.07, 6.45) is 2.20. The van der Waals surface area contributed by atoms with Crippen LogP contribution in [-0.2, 0) is 11.2 Å². The van der Waals surface area contributed by atoms with Gasteiger partial charge in [0.2, 0.25) is 5.91 Å². The molecule has 1 aliphatic heterocycles. The molecule has 0 unspecified atom stereocenters. The number of aromatic nitrogens is 1. The second-order valence-electron chi connectivity index (χ2n) is 4.93. The summed E-state index contributed by atoms with van der Waals surface area (Å²) in [5.41, 5.74) is 1.06. The molecule has 2 rings (SSSR count). The summed E-state index contributed by atoms with van der Waals surface area (Å²) in [5.74, 6) is -0.0206. The second-order valence-corrected chi connectivity index (χ2v) is 6.13. The van der Waals surface area contributed by atoms with Crippen molar-refractivity contribution in [3.63, 3.8) is 0 Å². The standard InChI is InChI=1S/C13H21N3O2S/c1-3-11-9(2)19-13(14-11)15-12(18)8-16-6-4-10(17)5-7-16/h10,17H,3-8H2,1-2H3,(H,14,15,18). The monoisotopic (exact) mass is 283 g/mol. The molecule has 1 aromatic heterocycles. The van der Waals surface area contributed by atoms with E-state index in [-0.39, 0.29) is 12.0 Å². The molecule has 2 N–H and O–H groups in total. The van der Waals surface area contributed by atoms with E-state index in [0.29, 0.717) is 11.7 Å². The number of thiazole rings is 1. The van der Waals surface area contributed by atoms with Gasteiger partial charge in [-0.3, -0.25) is 9.69 Å². The molecular weight excluding hydrogens is 262 g/mol. The van der Waals surface area contributed by atoms with Crippen molar-refractivity contribution in [1.82, 2.24) is 9.88 Å². The van der Waals surface area contributed by atoms with Gasteiger partial charge in [0, 0.05) is 18.0 Å². The Morgan fingerprint density at radius 2 is 2.21 bits per heavy atom. The Bertz CT molecular complexity index is 439. The number of aliphatic hydroxyl groups excluding tert-OH is 1. The van der Waals surface area contributed by atoms with E-state index in [4.69, 9.17) is 0 Å². The van der Waals surface area contributed by atoms with Crippen molar-refractivity contribution in [2.75, 3.05) is 25.0 Å². The number of rotatable bonds is 4. The summed E-state index contributed by atoms with van der Waals surface area (Å²) in [7, 11) is 0. The van der Waals surface area contributed by atoms with Crippen LogP contribution in [-0.4, -0.2) is 46.6 Å². The number of carbonyl (C=O) groups excluding carboxylic acids is 1. The Morgan fingerprint density at radius 3 is 2.79 bits per heavy atom. The van der Waals surface area contributed by atoms with Crippen molar-refractivity contribution in [1.29, 1.82) is 0 Å². The van der Waals surface area contributed by atoms with Gasteiger partial charge in [-0.15, -0.1) is 11.3 Å². The molecule has 1 aliphatic rings. The van der Waals surface area contributed by atoms with Crippen LogP contribution in [0.3, 0.4) is 0 Å². The first-order valence-corrected chi connectivity index (χ1v) is 7.56. The summed E-state index contributed by atoms with van der Waals surface area (Å²) >= 11 is 1.53. The van der Waals surface area contributed by atoms with Crippen LogP contribution in [0, 0.1) is 6.92 Å². The molecule has 0 aliphatic carbocycles. The number of hydrogen-bond donors (Lipinski definition) is 2. The molecule has 1 fully saturated rings. The van der Waals surface area contributed by atoms with Gasteiger partial charge in [0.25, 0.3) is 0 Å². The zero-order chi connectivity index (χ0) is 13.8. The number of nitrogens with zero attached hydrogens (tertiary/aromatic N) is 2. The molecule has 1 saturated heterocycles. The van der Waals surface area contributed by atoms with Gasteiger partial charge in [-0.2, -0.15) is 0 Å². The second kappa shape index (κ2) is 6.45. The highest BCUT2D eigenvalue weighted by Crippen LogP contribution is 2.22. The highest BCUT2D eigenvalue weighted by molar-refractivity contribution is 7.15. The van der Waals surface area contributed by atoms with Crippen molar-refractivity contribution < 1.29 is 9.90 Å². The van der Waals surface area contributed by atoms with E-state index in [1.165, 1.54) is 16.2 Å². The van der Waals surface area contributed by atoms with E-state index >= 15 is 0 Å². The first-order chi connectivity index (χ1) is 9.08. The summed E-state index contributed by atoms with van der Waals surface area (Å²) in [6, 6.07) is 0. The number of likely N-dealkylation sites (tertiary alicyclic amines) is 1. The number of aliphatic hydroxyl groups is 1. The van der Waals surface area contributed by atoms with E-state index < -0.39 is 0 Å². The highest BCUT2D eigenvalue weighted by Gasteiger charge is 2.19. The lowest BCUT2D eigenvalue weighted by Crippen LogP contribution is -2.40. The largest absolute Gasteiger partial charge is 0.393 e. The molecule has 5 nitrogen and oxygen atoms in total. The normalized spacial score (nSPS) is 17.6. The third kappa shape index (κ3) is 3.99. The van der Waals surface area contributed by atoms with Crippen molar-refractivity contribution in [2.45, 2.75) is 39.2 Å². The van der Waals surface area contributed by atoms with Crippen molar-refractivity contribution >= 4 is 22.4 Å². The maximum Gasteiger partial charge on any atom is 0.240 e. The number of aryl methyl sites for hydroxylation is 2. The van der Waals surface area contributed by atoms with Gasteiger partial charge in [0.15, 0.2) is 5.13 Å². The Balaban J connectivity index is 1.83. The smallest absolute Gasteiger partial charge is 0.240 e. The Kier molecular flexibility index (Phi) is 4.90. The summed E-state index contributed by atoms with van der Waals surface area (Å²) in [5, 5.41) is 13.0. The van der Waals surface area contributed by atoms with Crippen LogP contribution in [0.15, 0.2) is 0 Å². The number of hydrogen-bond acceptors (Lipinski definition) is 5. The van der Waals surface area contributed by atoms with Gasteiger partial charge in [0.1, 0.15) is 0 Å². The van der Waals surface area contributed by atoms with E-state index in [2.05, 4.69) is 22.1 Å². The predicted octanol–water partition coefficient (Wildman–Crippen LogP) is 1.41. The number of carbonyl (C=O) groups is 1. The molecule has 0 aromatic carbocycles. The van der Waals surface area contributed by atoms with Gasteiger partial charge in [-0.25, -0.2) is 4.98 Å². The van der Waals surface area contributed by atoms with Crippen LogP contribution in [0.2, 0.25) is 0 Å². The van der Waals surface area contributed by atoms with Crippen molar-refractivity contribution in [3.05, 3.63) is 10.6 Å². The fraction of sp³-hybridized carbons (Fsp3) is 0.692. The molecule has 0 saturated carbocycles. The molecule has 0 bridgehead atoms. The molecular formula is C13H21N3O2S. The van der Waals surface area contributed by atoms with E-state index in [0.717, 1.165) is 38.0 Å². The fourth-order valence-electron chi connectivity index (χ4n) is 2.25. The van der Waals surface area contributed by atoms with Crippen LogP contribution < -0.4 is 5.32 Å². The molecule has 0 radical (unpaired) electrons.